The molecule has 8 heteroatoms. The Balaban J connectivity index is 1.61. The minimum absolute atomic E-state index is 0.256. The zero-order valence-corrected chi connectivity index (χ0v) is 14.5. The number of rotatable bonds is 3. The molecule has 1 aromatic carbocycles. The lowest BCUT2D eigenvalue weighted by molar-refractivity contribution is 0.174. The van der Waals surface area contributed by atoms with E-state index in [4.69, 9.17) is 44.9 Å². The second kappa shape index (κ2) is 6.78. The Labute approximate surface area is 148 Å². The standard InChI is InChI=1S/C15H13Cl2N3O2S/c1-8-10(16)6-18-14(13(8)17)20-15(23)19-5-9-2-3-11-12(4-9)22-7-21-11/h2-4,6H,5,7H2,1H3,(H2,18,19,20,23). The van der Waals surface area contributed by atoms with E-state index in [1.165, 1.54) is 6.20 Å². The van der Waals surface area contributed by atoms with E-state index < -0.39 is 0 Å². The molecular formula is C15H13Cl2N3O2S. The van der Waals surface area contributed by atoms with Crippen molar-refractivity contribution in [1.29, 1.82) is 0 Å². The summed E-state index contributed by atoms with van der Waals surface area (Å²) < 4.78 is 10.6. The number of halogens is 2. The number of fused-ring (bicyclic) bond motifs is 1. The SMILES string of the molecule is Cc1c(Cl)cnc(NC(=S)NCc2ccc3c(c2)OCO3)c1Cl. The Morgan fingerprint density at radius 1 is 1.30 bits per heavy atom. The molecule has 0 saturated carbocycles. The molecule has 2 heterocycles. The maximum Gasteiger partial charge on any atom is 0.231 e. The summed E-state index contributed by atoms with van der Waals surface area (Å²) in [7, 11) is 0. The van der Waals surface area contributed by atoms with E-state index in [0.29, 0.717) is 27.5 Å². The summed E-state index contributed by atoms with van der Waals surface area (Å²) >= 11 is 17.4. The summed E-state index contributed by atoms with van der Waals surface area (Å²) in [5.74, 6) is 1.96. The highest BCUT2D eigenvalue weighted by atomic mass is 35.5. The predicted molar refractivity (Wildman–Crippen MR) is 94.6 cm³/mol. The van der Waals surface area contributed by atoms with Crippen LogP contribution in [0, 0.1) is 6.92 Å². The van der Waals surface area contributed by atoms with E-state index in [-0.39, 0.29) is 6.79 Å². The van der Waals surface area contributed by atoms with Crippen molar-refractivity contribution in [3.05, 3.63) is 45.6 Å². The van der Waals surface area contributed by atoms with Gasteiger partial charge in [-0.25, -0.2) is 4.98 Å². The maximum absolute atomic E-state index is 6.20. The van der Waals surface area contributed by atoms with Crippen molar-refractivity contribution in [3.63, 3.8) is 0 Å². The number of hydrogen-bond donors (Lipinski definition) is 2. The molecule has 1 aromatic heterocycles. The maximum atomic E-state index is 6.20. The number of benzene rings is 1. The molecule has 3 rings (SSSR count). The normalized spacial score (nSPS) is 12.1. The van der Waals surface area contributed by atoms with Crippen LogP contribution in [0.15, 0.2) is 24.4 Å². The number of nitrogens with zero attached hydrogens (tertiary/aromatic N) is 1. The van der Waals surface area contributed by atoms with Crippen LogP contribution in [-0.2, 0) is 6.54 Å². The highest BCUT2D eigenvalue weighted by Gasteiger charge is 2.13. The first-order valence-electron chi connectivity index (χ1n) is 6.78. The van der Waals surface area contributed by atoms with Gasteiger partial charge in [-0.1, -0.05) is 29.3 Å². The second-order valence-corrected chi connectivity index (χ2v) is 6.08. The Hall–Kier alpha value is -1.76. The van der Waals surface area contributed by atoms with Gasteiger partial charge < -0.3 is 20.1 Å². The van der Waals surface area contributed by atoms with Gasteiger partial charge in [0.1, 0.15) is 0 Å². The van der Waals surface area contributed by atoms with Crippen LogP contribution in [-0.4, -0.2) is 16.9 Å². The molecule has 0 aliphatic carbocycles. The second-order valence-electron chi connectivity index (χ2n) is 4.89. The summed E-state index contributed by atoms with van der Waals surface area (Å²) in [5, 5.41) is 7.43. The first-order chi connectivity index (χ1) is 11.0. The zero-order valence-electron chi connectivity index (χ0n) is 12.2. The highest BCUT2D eigenvalue weighted by Crippen LogP contribution is 2.32. The Bertz CT molecular complexity index is 771. The Kier molecular flexibility index (Phi) is 4.75. The zero-order chi connectivity index (χ0) is 16.4. The first kappa shape index (κ1) is 16.1. The molecule has 0 unspecified atom stereocenters. The molecule has 0 amide bonds. The molecule has 1 aliphatic rings. The summed E-state index contributed by atoms with van der Waals surface area (Å²) in [6.45, 7) is 2.61. The molecule has 120 valence electrons. The fourth-order valence-electron chi connectivity index (χ4n) is 2.03. The van der Waals surface area contributed by atoms with E-state index in [1.807, 2.05) is 25.1 Å². The number of pyridine rings is 1. The molecule has 23 heavy (non-hydrogen) atoms. The summed E-state index contributed by atoms with van der Waals surface area (Å²) in [6, 6.07) is 5.73. The van der Waals surface area contributed by atoms with E-state index in [2.05, 4.69) is 15.6 Å². The van der Waals surface area contributed by atoms with Crippen LogP contribution in [0.2, 0.25) is 10.0 Å². The quantitative estimate of drug-likeness (QED) is 0.799. The number of hydrogen-bond acceptors (Lipinski definition) is 4. The van der Waals surface area contributed by atoms with Gasteiger partial charge in [0.25, 0.3) is 0 Å². The van der Waals surface area contributed by atoms with Gasteiger partial charge in [-0.15, -0.1) is 0 Å². The number of ether oxygens (including phenoxy) is 2. The topological polar surface area (TPSA) is 55.4 Å². The lowest BCUT2D eigenvalue weighted by Crippen LogP contribution is -2.28. The Morgan fingerprint density at radius 2 is 2.09 bits per heavy atom. The van der Waals surface area contributed by atoms with Gasteiger partial charge in [0.2, 0.25) is 6.79 Å². The fraction of sp³-hybridized carbons (Fsp3) is 0.200. The van der Waals surface area contributed by atoms with E-state index in [0.717, 1.165) is 22.6 Å². The molecule has 0 saturated heterocycles. The molecule has 0 fully saturated rings. The third-order valence-corrected chi connectivity index (χ3v) is 4.41. The van der Waals surface area contributed by atoms with Crippen molar-refractivity contribution >= 4 is 46.4 Å². The molecule has 0 atom stereocenters. The molecule has 0 radical (unpaired) electrons. The van der Waals surface area contributed by atoms with Crippen molar-refractivity contribution in [2.45, 2.75) is 13.5 Å². The van der Waals surface area contributed by atoms with Gasteiger partial charge in [-0.2, -0.15) is 0 Å². The number of aromatic nitrogens is 1. The van der Waals surface area contributed by atoms with Gasteiger partial charge in [0.15, 0.2) is 22.4 Å². The molecule has 0 bridgehead atoms. The average molecular weight is 370 g/mol. The van der Waals surface area contributed by atoms with Gasteiger partial charge in [-0.05, 0) is 42.4 Å². The minimum atomic E-state index is 0.256. The lowest BCUT2D eigenvalue weighted by Gasteiger charge is -2.12. The molecular weight excluding hydrogens is 357 g/mol. The van der Waals surface area contributed by atoms with Crippen LogP contribution < -0.4 is 20.1 Å². The van der Waals surface area contributed by atoms with E-state index >= 15 is 0 Å². The summed E-state index contributed by atoms with van der Waals surface area (Å²) in [4.78, 5) is 4.14. The van der Waals surface area contributed by atoms with Crippen LogP contribution in [0.25, 0.3) is 0 Å². The van der Waals surface area contributed by atoms with E-state index in [1.54, 1.807) is 0 Å². The lowest BCUT2D eigenvalue weighted by atomic mass is 10.2. The van der Waals surface area contributed by atoms with Crippen LogP contribution >= 0.6 is 35.4 Å². The first-order valence-corrected chi connectivity index (χ1v) is 7.95. The Morgan fingerprint density at radius 3 is 2.91 bits per heavy atom. The van der Waals surface area contributed by atoms with Crippen LogP contribution in [0.5, 0.6) is 11.5 Å². The minimum Gasteiger partial charge on any atom is -0.454 e. The van der Waals surface area contributed by atoms with Crippen molar-refractivity contribution < 1.29 is 9.47 Å². The summed E-state index contributed by atoms with van der Waals surface area (Å²) in [5.41, 5.74) is 1.77. The predicted octanol–water partition coefficient (Wildman–Crippen LogP) is 3.91. The molecule has 0 spiro atoms. The van der Waals surface area contributed by atoms with Crippen LogP contribution in [0.3, 0.4) is 0 Å². The third kappa shape index (κ3) is 3.60. The number of thiocarbonyl (C=S) groups is 1. The largest absolute Gasteiger partial charge is 0.454 e. The van der Waals surface area contributed by atoms with Crippen LogP contribution in [0.4, 0.5) is 5.82 Å². The van der Waals surface area contributed by atoms with Crippen molar-refractivity contribution in [3.8, 4) is 11.5 Å². The molecule has 2 aromatic rings. The van der Waals surface area contributed by atoms with Crippen molar-refractivity contribution in [2.24, 2.45) is 0 Å². The monoisotopic (exact) mass is 369 g/mol. The van der Waals surface area contributed by atoms with Gasteiger partial charge in [-0.3, -0.25) is 0 Å². The van der Waals surface area contributed by atoms with Crippen molar-refractivity contribution in [2.75, 3.05) is 12.1 Å². The highest BCUT2D eigenvalue weighted by molar-refractivity contribution is 7.80. The van der Waals surface area contributed by atoms with Gasteiger partial charge in [0.05, 0.1) is 10.0 Å². The van der Waals surface area contributed by atoms with E-state index in [9.17, 15) is 0 Å². The smallest absolute Gasteiger partial charge is 0.231 e. The molecule has 2 N–H and O–H groups in total. The van der Waals surface area contributed by atoms with Gasteiger partial charge in [0, 0.05) is 12.7 Å². The molecule has 5 nitrogen and oxygen atoms in total. The number of nitrogens with one attached hydrogen (secondary N) is 2. The fourth-order valence-corrected chi connectivity index (χ4v) is 2.59. The van der Waals surface area contributed by atoms with Crippen molar-refractivity contribution in [1.82, 2.24) is 10.3 Å². The third-order valence-electron chi connectivity index (χ3n) is 3.32. The van der Waals surface area contributed by atoms with Crippen LogP contribution in [0.1, 0.15) is 11.1 Å². The average Bonchev–Trinajstić information content (AvgIpc) is 3.01. The molecule has 1 aliphatic heterocycles. The summed E-state index contributed by atoms with van der Waals surface area (Å²) in [6.07, 6.45) is 1.53. The number of anilines is 1. The van der Waals surface area contributed by atoms with Gasteiger partial charge >= 0.3 is 0 Å².